The number of aryl methyl sites for hydroxylation is 1. The van der Waals surface area contributed by atoms with Gasteiger partial charge in [-0.15, -0.1) is 0 Å². The van der Waals surface area contributed by atoms with Crippen LogP contribution in [0, 0.1) is 6.92 Å². The molecule has 0 aliphatic heterocycles. The fourth-order valence-corrected chi connectivity index (χ4v) is 3.57. The lowest BCUT2D eigenvalue weighted by Crippen LogP contribution is -2.28. The summed E-state index contributed by atoms with van der Waals surface area (Å²) in [6.45, 7) is 6.77. The maximum Gasteiger partial charge on any atom is 0.219 e. The SMILES string of the molecule is CCN(Cc1[nH]c2c(c(N)nc3cc(-c4ccn[nH]4)ccc32)c1C)C(C)=O. The monoisotopic (exact) mass is 362 g/mol. The zero-order valence-corrected chi connectivity index (χ0v) is 15.6. The number of aromatic amines is 2. The summed E-state index contributed by atoms with van der Waals surface area (Å²) < 4.78 is 0. The molecule has 0 radical (unpaired) electrons. The number of pyridine rings is 1. The van der Waals surface area contributed by atoms with E-state index < -0.39 is 0 Å². The van der Waals surface area contributed by atoms with Crippen LogP contribution in [0.25, 0.3) is 33.1 Å². The van der Waals surface area contributed by atoms with Crippen molar-refractivity contribution in [2.24, 2.45) is 0 Å². The van der Waals surface area contributed by atoms with Gasteiger partial charge < -0.3 is 15.6 Å². The smallest absolute Gasteiger partial charge is 0.219 e. The molecule has 0 saturated heterocycles. The van der Waals surface area contributed by atoms with Gasteiger partial charge in [0.05, 0.1) is 23.3 Å². The van der Waals surface area contributed by atoms with Crippen molar-refractivity contribution in [2.45, 2.75) is 27.3 Å². The van der Waals surface area contributed by atoms with Crippen molar-refractivity contribution in [1.82, 2.24) is 25.1 Å². The van der Waals surface area contributed by atoms with Crippen molar-refractivity contribution in [3.05, 3.63) is 41.7 Å². The van der Waals surface area contributed by atoms with Gasteiger partial charge in [-0.3, -0.25) is 9.89 Å². The highest BCUT2D eigenvalue weighted by atomic mass is 16.2. The lowest BCUT2D eigenvalue weighted by Gasteiger charge is -2.18. The van der Waals surface area contributed by atoms with Crippen molar-refractivity contribution < 1.29 is 4.79 Å². The van der Waals surface area contributed by atoms with E-state index in [1.165, 1.54) is 0 Å². The minimum Gasteiger partial charge on any atom is -0.383 e. The van der Waals surface area contributed by atoms with Gasteiger partial charge in [0.1, 0.15) is 5.82 Å². The third-order valence-electron chi connectivity index (χ3n) is 5.11. The number of amides is 1. The van der Waals surface area contributed by atoms with E-state index in [0.717, 1.165) is 44.3 Å². The number of nitrogens with one attached hydrogen (secondary N) is 2. The van der Waals surface area contributed by atoms with Gasteiger partial charge >= 0.3 is 0 Å². The van der Waals surface area contributed by atoms with Crippen molar-refractivity contribution >= 4 is 33.5 Å². The van der Waals surface area contributed by atoms with E-state index in [1.54, 1.807) is 18.0 Å². The Labute approximate surface area is 156 Å². The molecular formula is C20H22N6O. The molecule has 0 aliphatic carbocycles. The summed E-state index contributed by atoms with van der Waals surface area (Å²) in [7, 11) is 0. The summed E-state index contributed by atoms with van der Waals surface area (Å²) in [5.41, 5.74) is 12.0. The van der Waals surface area contributed by atoms with E-state index in [4.69, 9.17) is 5.73 Å². The van der Waals surface area contributed by atoms with Crippen LogP contribution in [-0.2, 0) is 11.3 Å². The van der Waals surface area contributed by atoms with E-state index in [1.807, 2.05) is 38.1 Å². The first-order valence-corrected chi connectivity index (χ1v) is 8.95. The van der Waals surface area contributed by atoms with Gasteiger partial charge in [-0.05, 0) is 31.5 Å². The minimum absolute atomic E-state index is 0.0516. The predicted octanol–water partition coefficient (Wildman–Crippen LogP) is 3.37. The van der Waals surface area contributed by atoms with E-state index in [2.05, 4.69) is 20.2 Å². The number of anilines is 1. The number of H-pyrrole nitrogens is 2. The summed E-state index contributed by atoms with van der Waals surface area (Å²) in [6, 6.07) is 8.00. The van der Waals surface area contributed by atoms with Crippen molar-refractivity contribution in [3.63, 3.8) is 0 Å². The minimum atomic E-state index is 0.0516. The number of hydrogen-bond donors (Lipinski definition) is 3. The first kappa shape index (κ1) is 17.1. The number of nitrogen functional groups attached to an aromatic ring is 1. The highest BCUT2D eigenvalue weighted by Gasteiger charge is 2.17. The zero-order chi connectivity index (χ0) is 19.1. The fourth-order valence-electron chi connectivity index (χ4n) is 3.57. The van der Waals surface area contributed by atoms with Crippen LogP contribution in [0.1, 0.15) is 25.1 Å². The van der Waals surface area contributed by atoms with Crippen molar-refractivity contribution in [1.29, 1.82) is 0 Å². The van der Waals surface area contributed by atoms with Crippen LogP contribution in [0.15, 0.2) is 30.5 Å². The Morgan fingerprint density at radius 1 is 1.30 bits per heavy atom. The number of nitrogens with zero attached hydrogens (tertiary/aromatic N) is 3. The number of fused-ring (bicyclic) bond motifs is 3. The predicted molar refractivity (Wildman–Crippen MR) is 107 cm³/mol. The first-order valence-electron chi connectivity index (χ1n) is 8.95. The third kappa shape index (κ3) is 2.81. The number of hydrogen-bond acceptors (Lipinski definition) is 4. The van der Waals surface area contributed by atoms with Crippen LogP contribution < -0.4 is 5.73 Å². The molecule has 0 unspecified atom stereocenters. The summed E-state index contributed by atoms with van der Waals surface area (Å²) in [4.78, 5) is 21.7. The molecule has 3 heterocycles. The molecule has 27 heavy (non-hydrogen) atoms. The molecule has 0 bridgehead atoms. The Hall–Kier alpha value is -3.35. The number of aromatic nitrogens is 4. The van der Waals surface area contributed by atoms with Crippen molar-refractivity contribution in [3.8, 4) is 11.3 Å². The lowest BCUT2D eigenvalue weighted by molar-refractivity contribution is -0.129. The van der Waals surface area contributed by atoms with Crippen LogP contribution in [0.5, 0.6) is 0 Å². The molecule has 0 aliphatic rings. The molecule has 1 aromatic carbocycles. The molecule has 0 fully saturated rings. The third-order valence-corrected chi connectivity index (χ3v) is 5.11. The molecule has 7 heteroatoms. The number of carbonyl (C=O) groups is 1. The number of rotatable bonds is 4. The molecule has 0 spiro atoms. The molecule has 138 valence electrons. The Morgan fingerprint density at radius 3 is 2.78 bits per heavy atom. The second-order valence-electron chi connectivity index (χ2n) is 6.71. The Morgan fingerprint density at radius 2 is 2.11 bits per heavy atom. The second kappa shape index (κ2) is 6.42. The quantitative estimate of drug-likeness (QED) is 0.518. The molecule has 7 nitrogen and oxygen atoms in total. The summed E-state index contributed by atoms with van der Waals surface area (Å²) in [5, 5.41) is 8.89. The van der Waals surface area contributed by atoms with Gasteiger partial charge in [-0.25, -0.2) is 4.98 Å². The second-order valence-corrected chi connectivity index (χ2v) is 6.71. The maximum atomic E-state index is 11.8. The van der Waals surface area contributed by atoms with Crippen LogP contribution in [-0.4, -0.2) is 37.5 Å². The Kier molecular flexibility index (Phi) is 4.07. The molecule has 4 N–H and O–H groups in total. The van der Waals surface area contributed by atoms with Gasteiger partial charge in [0, 0.05) is 41.7 Å². The lowest BCUT2D eigenvalue weighted by atomic mass is 10.1. The average Bonchev–Trinajstić information content (AvgIpc) is 3.28. The first-order chi connectivity index (χ1) is 13.0. The molecule has 1 amide bonds. The standard InChI is InChI=1S/C20H22N6O/c1-4-26(12(3)27)10-17-11(2)18-19(23-17)14-6-5-13(15-7-8-22-25-15)9-16(14)24-20(18)21/h5-9,23H,4,10H2,1-3H3,(H2,21,24)(H,22,25). The Balaban J connectivity index is 1.88. The van der Waals surface area contributed by atoms with Crippen LogP contribution in [0.4, 0.5) is 5.82 Å². The highest BCUT2D eigenvalue weighted by molar-refractivity contribution is 6.10. The van der Waals surface area contributed by atoms with Crippen molar-refractivity contribution in [2.75, 3.05) is 12.3 Å². The Bertz CT molecular complexity index is 1140. The van der Waals surface area contributed by atoms with E-state index in [0.29, 0.717) is 18.9 Å². The topological polar surface area (TPSA) is 104 Å². The zero-order valence-electron chi connectivity index (χ0n) is 15.6. The van der Waals surface area contributed by atoms with Gasteiger partial charge in [0.15, 0.2) is 0 Å². The summed E-state index contributed by atoms with van der Waals surface area (Å²) >= 11 is 0. The van der Waals surface area contributed by atoms with Gasteiger partial charge in [0.2, 0.25) is 5.91 Å². The molecule has 4 rings (SSSR count). The molecule has 4 aromatic rings. The maximum absolute atomic E-state index is 11.8. The van der Waals surface area contributed by atoms with Crippen LogP contribution in [0.3, 0.4) is 0 Å². The number of benzene rings is 1. The van der Waals surface area contributed by atoms with E-state index in [-0.39, 0.29) is 5.91 Å². The molecule has 0 atom stereocenters. The van der Waals surface area contributed by atoms with Crippen LogP contribution >= 0.6 is 0 Å². The highest BCUT2D eigenvalue weighted by Crippen LogP contribution is 2.33. The van der Waals surface area contributed by atoms with Crippen LogP contribution in [0.2, 0.25) is 0 Å². The average molecular weight is 362 g/mol. The molecule has 3 aromatic heterocycles. The van der Waals surface area contributed by atoms with Gasteiger partial charge in [-0.1, -0.05) is 12.1 Å². The number of nitrogens with two attached hydrogens (primary N) is 1. The summed E-state index contributed by atoms with van der Waals surface area (Å²) in [5.74, 6) is 0.542. The molecule has 0 saturated carbocycles. The fraction of sp³-hybridized carbons (Fsp3) is 0.250. The molecular weight excluding hydrogens is 340 g/mol. The van der Waals surface area contributed by atoms with E-state index >= 15 is 0 Å². The largest absolute Gasteiger partial charge is 0.383 e. The number of carbonyl (C=O) groups excluding carboxylic acids is 1. The summed E-state index contributed by atoms with van der Waals surface area (Å²) in [6.07, 6.45) is 1.72. The van der Waals surface area contributed by atoms with Gasteiger partial charge in [0.25, 0.3) is 0 Å². The normalized spacial score (nSPS) is 11.4. The van der Waals surface area contributed by atoms with E-state index in [9.17, 15) is 4.79 Å². The van der Waals surface area contributed by atoms with Gasteiger partial charge in [-0.2, -0.15) is 5.10 Å².